The van der Waals surface area contributed by atoms with E-state index in [0.717, 1.165) is 24.4 Å². The van der Waals surface area contributed by atoms with E-state index in [9.17, 15) is 0 Å². The van der Waals surface area contributed by atoms with E-state index in [-0.39, 0.29) is 0 Å². The van der Waals surface area contributed by atoms with Gasteiger partial charge in [-0.2, -0.15) is 0 Å². The van der Waals surface area contributed by atoms with Crippen molar-refractivity contribution in [3.05, 3.63) is 0 Å². The molecule has 1 fully saturated rings. The second-order valence-corrected chi connectivity index (χ2v) is 5.25. The van der Waals surface area contributed by atoms with Gasteiger partial charge in [-0.1, -0.05) is 27.7 Å². The zero-order valence-electron chi connectivity index (χ0n) is 10.9. The molecule has 1 aliphatic rings. The average Bonchev–Trinajstić information content (AvgIpc) is 2.98. The first kappa shape index (κ1) is 13.0. The van der Waals surface area contributed by atoms with Gasteiger partial charge in [0, 0.05) is 19.1 Å². The third kappa shape index (κ3) is 4.98. The van der Waals surface area contributed by atoms with Crippen molar-refractivity contribution in [2.24, 2.45) is 11.8 Å². The first-order chi connectivity index (χ1) is 7.17. The van der Waals surface area contributed by atoms with Crippen LogP contribution in [-0.4, -0.2) is 37.1 Å². The fourth-order valence-corrected chi connectivity index (χ4v) is 2.27. The Morgan fingerprint density at radius 3 is 2.27 bits per heavy atom. The molecular weight excluding hydrogens is 184 g/mol. The van der Waals surface area contributed by atoms with E-state index in [1.54, 1.807) is 0 Å². The summed E-state index contributed by atoms with van der Waals surface area (Å²) in [5.74, 6) is 1.75. The summed E-state index contributed by atoms with van der Waals surface area (Å²) in [6.45, 7) is 13.9. The lowest BCUT2D eigenvalue weighted by Crippen LogP contribution is -2.43. The highest BCUT2D eigenvalue weighted by atomic mass is 15.1. The van der Waals surface area contributed by atoms with Crippen molar-refractivity contribution in [3.8, 4) is 0 Å². The van der Waals surface area contributed by atoms with Crippen LogP contribution in [0.1, 0.15) is 40.5 Å². The molecule has 2 nitrogen and oxygen atoms in total. The van der Waals surface area contributed by atoms with E-state index in [2.05, 4.69) is 37.9 Å². The van der Waals surface area contributed by atoms with Gasteiger partial charge in [-0.05, 0) is 37.8 Å². The molecule has 1 aliphatic carbocycles. The zero-order valence-corrected chi connectivity index (χ0v) is 10.9. The molecule has 1 unspecified atom stereocenters. The summed E-state index contributed by atoms with van der Waals surface area (Å²) in [5.41, 5.74) is 0. The van der Waals surface area contributed by atoms with Gasteiger partial charge >= 0.3 is 0 Å². The van der Waals surface area contributed by atoms with Crippen molar-refractivity contribution in [1.82, 2.24) is 10.2 Å². The third-order valence-electron chi connectivity index (χ3n) is 3.18. The van der Waals surface area contributed by atoms with Crippen LogP contribution in [0.25, 0.3) is 0 Å². The van der Waals surface area contributed by atoms with Gasteiger partial charge in [0.25, 0.3) is 0 Å². The lowest BCUT2D eigenvalue weighted by molar-refractivity contribution is 0.219. The summed E-state index contributed by atoms with van der Waals surface area (Å²) in [5, 5.41) is 3.64. The molecule has 0 spiro atoms. The highest BCUT2D eigenvalue weighted by molar-refractivity contribution is 4.88. The fourth-order valence-electron chi connectivity index (χ4n) is 2.27. The Bertz CT molecular complexity index is 164. The number of likely N-dealkylation sites (N-methyl/N-ethyl adjacent to an activating group) is 2. The smallest absolute Gasteiger partial charge is 0.0223 e. The summed E-state index contributed by atoms with van der Waals surface area (Å²) in [7, 11) is 0. The Hall–Kier alpha value is -0.0800. The van der Waals surface area contributed by atoms with E-state index >= 15 is 0 Å². The molecule has 90 valence electrons. The maximum Gasteiger partial charge on any atom is 0.0223 e. The molecule has 0 saturated heterocycles. The lowest BCUT2D eigenvalue weighted by atomic mass is 10.1. The Morgan fingerprint density at radius 1 is 1.20 bits per heavy atom. The first-order valence-corrected chi connectivity index (χ1v) is 6.63. The van der Waals surface area contributed by atoms with Crippen LogP contribution < -0.4 is 5.32 Å². The van der Waals surface area contributed by atoms with Gasteiger partial charge in [0.1, 0.15) is 0 Å². The SMILES string of the molecule is CCNC(CN(CC)CC(C)C)C1CC1. The minimum absolute atomic E-state index is 0.744. The molecule has 0 aromatic rings. The van der Waals surface area contributed by atoms with Crippen LogP contribution >= 0.6 is 0 Å². The Balaban J connectivity index is 2.32. The molecule has 0 aromatic heterocycles. The van der Waals surface area contributed by atoms with Crippen LogP contribution in [0, 0.1) is 11.8 Å². The fraction of sp³-hybridized carbons (Fsp3) is 1.00. The molecule has 1 rings (SSSR count). The molecule has 2 heteroatoms. The molecule has 1 saturated carbocycles. The van der Waals surface area contributed by atoms with Gasteiger partial charge in [0.05, 0.1) is 0 Å². The van der Waals surface area contributed by atoms with Crippen LogP contribution in [0.15, 0.2) is 0 Å². The Morgan fingerprint density at radius 2 is 1.87 bits per heavy atom. The van der Waals surface area contributed by atoms with Gasteiger partial charge in [-0.15, -0.1) is 0 Å². The molecule has 15 heavy (non-hydrogen) atoms. The Labute approximate surface area is 95.4 Å². The van der Waals surface area contributed by atoms with Crippen LogP contribution in [0.2, 0.25) is 0 Å². The summed E-state index contributed by atoms with van der Waals surface area (Å²) < 4.78 is 0. The number of nitrogens with one attached hydrogen (secondary N) is 1. The molecule has 0 radical (unpaired) electrons. The standard InChI is InChI=1S/C13H28N2/c1-5-14-13(12-7-8-12)10-15(6-2)9-11(3)4/h11-14H,5-10H2,1-4H3. The van der Waals surface area contributed by atoms with Gasteiger partial charge in [-0.25, -0.2) is 0 Å². The largest absolute Gasteiger partial charge is 0.313 e. The second-order valence-electron chi connectivity index (χ2n) is 5.25. The van der Waals surface area contributed by atoms with Gasteiger partial charge in [0.2, 0.25) is 0 Å². The van der Waals surface area contributed by atoms with E-state index in [1.165, 1.54) is 32.5 Å². The summed E-state index contributed by atoms with van der Waals surface area (Å²) >= 11 is 0. The predicted molar refractivity (Wildman–Crippen MR) is 67.1 cm³/mol. The average molecular weight is 212 g/mol. The van der Waals surface area contributed by atoms with Crippen LogP contribution in [0.4, 0.5) is 0 Å². The zero-order chi connectivity index (χ0) is 11.3. The van der Waals surface area contributed by atoms with Crippen LogP contribution in [0.5, 0.6) is 0 Å². The van der Waals surface area contributed by atoms with Gasteiger partial charge in [-0.3, -0.25) is 0 Å². The predicted octanol–water partition coefficient (Wildman–Crippen LogP) is 2.35. The lowest BCUT2D eigenvalue weighted by Gasteiger charge is -2.28. The minimum Gasteiger partial charge on any atom is -0.313 e. The van der Waals surface area contributed by atoms with Gasteiger partial charge in [0.15, 0.2) is 0 Å². The molecule has 0 bridgehead atoms. The summed E-state index contributed by atoms with van der Waals surface area (Å²) in [4.78, 5) is 2.59. The maximum atomic E-state index is 3.64. The normalized spacial score (nSPS) is 18.8. The third-order valence-corrected chi connectivity index (χ3v) is 3.18. The highest BCUT2D eigenvalue weighted by Crippen LogP contribution is 2.33. The molecule has 0 amide bonds. The molecule has 1 N–H and O–H groups in total. The topological polar surface area (TPSA) is 15.3 Å². The molecule has 1 atom stereocenters. The molecule has 0 aliphatic heterocycles. The van der Waals surface area contributed by atoms with Crippen molar-refractivity contribution >= 4 is 0 Å². The first-order valence-electron chi connectivity index (χ1n) is 6.63. The number of hydrogen-bond acceptors (Lipinski definition) is 2. The van der Waals surface area contributed by atoms with E-state index in [1.807, 2.05) is 0 Å². The van der Waals surface area contributed by atoms with Crippen molar-refractivity contribution in [3.63, 3.8) is 0 Å². The van der Waals surface area contributed by atoms with E-state index < -0.39 is 0 Å². The molecule has 0 aromatic carbocycles. The Kier molecular flexibility index (Phi) is 5.62. The quantitative estimate of drug-likeness (QED) is 0.664. The number of rotatable bonds is 8. The number of hydrogen-bond donors (Lipinski definition) is 1. The van der Waals surface area contributed by atoms with E-state index in [4.69, 9.17) is 0 Å². The van der Waals surface area contributed by atoms with Crippen LogP contribution in [0.3, 0.4) is 0 Å². The van der Waals surface area contributed by atoms with E-state index in [0.29, 0.717) is 0 Å². The van der Waals surface area contributed by atoms with Crippen molar-refractivity contribution < 1.29 is 0 Å². The number of nitrogens with zero attached hydrogens (tertiary/aromatic N) is 1. The monoisotopic (exact) mass is 212 g/mol. The summed E-state index contributed by atoms with van der Waals surface area (Å²) in [6.07, 6.45) is 2.88. The second kappa shape index (κ2) is 6.49. The molecule has 0 heterocycles. The van der Waals surface area contributed by atoms with Crippen LogP contribution in [-0.2, 0) is 0 Å². The highest BCUT2D eigenvalue weighted by Gasteiger charge is 2.31. The van der Waals surface area contributed by atoms with Crippen molar-refractivity contribution in [2.45, 2.75) is 46.6 Å². The summed E-state index contributed by atoms with van der Waals surface area (Å²) in [6, 6.07) is 0.744. The minimum atomic E-state index is 0.744. The maximum absolute atomic E-state index is 3.64. The molecular formula is C13H28N2. The van der Waals surface area contributed by atoms with Gasteiger partial charge < -0.3 is 10.2 Å². The van der Waals surface area contributed by atoms with Crippen molar-refractivity contribution in [1.29, 1.82) is 0 Å². The van der Waals surface area contributed by atoms with Crippen molar-refractivity contribution in [2.75, 3.05) is 26.2 Å².